The number of benzene rings is 3. The molecular formula is C31H30N4O5. The van der Waals surface area contributed by atoms with Crippen molar-refractivity contribution in [3.63, 3.8) is 0 Å². The van der Waals surface area contributed by atoms with Gasteiger partial charge >= 0.3 is 11.7 Å². The summed E-state index contributed by atoms with van der Waals surface area (Å²) in [6, 6.07) is 24.2. The zero-order valence-corrected chi connectivity index (χ0v) is 22.7. The highest BCUT2D eigenvalue weighted by Gasteiger charge is 2.38. The maximum absolute atomic E-state index is 13.6. The third-order valence-corrected chi connectivity index (χ3v) is 6.71. The largest absolute Gasteiger partial charge is 0.493 e. The Bertz CT molecular complexity index is 1630. The number of ether oxygens (including phenoxy) is 3. The molecule has 9 heteroatoms. The Kier molecular flexibility index (Phi) is 7.54. The molecule has 1 aromatic heterocycles. The highest BCUT2D eigenvalue weighted by molar-refractivity contribution is 5.95. The van der Waals surface area contributed by atoms with E-state index in [1.54, 1.807) is 39.3 Å². The van der Waals surface area contributed by atoms with Crippen LogP contribution in [-0.2, 0) is 9.53 Å². The molecule has 1 unspecified atom stereocenters. The van der Waals surface area contributed by atoms with Crippen LogP contribution in [0.2, 0.25) is 0 Å². The molecule has 3 aromatic carbocycles. The van der Waals surface area contributed by atoms with Crippen LogP contribution < -0.4 is 25.8 Å². The average molecular weight is 539 g/mol. The second-order valence-electron chi connectivity index (χ2n) is 9.10. The summed E-state index contributed by atoms with van der Waals surface area (Å²) in [4.78, 5) is 31.5. The van der Waals surface area contributed by atoms with Crippen molar-refractivity contribution < 1.29 is 19.0 Å². The molecule has 204 valence electrons. The third kappa shape index (κ3) is 4.89. The highest BCUT2D eigenvalue weighted by Crippen LogP contribution is 2.46. The van der Waals surface area contributed by atoms with E-state index in [0.717, 1.165) is 5.56 Å². The zero-order valence-electron chi connectivity index (χ0n) is 22.7. The first-order valence-electron chi connectivity index (χ1n) is 12.9. The van der Waals surface area contributed by atoms with Crippen molar-refractivity contribution in [2.24, 2.45) is 0 Å². The first kappa shape index (κ1) is 26.6. The van der Waals surface area contributed by atoms with Gasteiger partial charge in [-0.1, -0.05) is 48.5 Å². The first-order valence-corrected chi connectivity index (χ1v) is 12.9. The lowest BCUT2D eigenvalue weighted by Crippen LogP contribution is -2.33. The Hall–Kier alpha value is -5.05. The molecule has 0 saturated carbocycles. The minimum atomic E-state index is -0.581. The quantitative estimate of drug-likeness (QED) is 0.288. The van der Waals surface area contributed by atoms with Crippen LogP contribution in [0.1, 0.15) is 30.9 Å². The summed E-state index contributed by atoms with van der Waals surface area (Å²) in [5, 5.41) is 6.65. The number of allylic oxidation sites excluding steroid dienone is 1. The average Bonchev–Trinajstić information content (AvgIpc) is 2.97. The Balaban J connectivity index is 1.80. The van der Waals surface area contributed by atoms with Gasteiger partial charge in [-0.15, -0.1) is 0 Å². The van der Waals surface area contributed by atoms with E-state index in [4.69, 9.17) is 14.2 Å². The van der Waals surface area contributed by atoms with Crippen molar-refractivity contribution in [2.45, 2.75) is 19.8 Å². The topological polar surface area (TPSA) is 104 Å². The number of hydrogen-bond acceptors (Lipinski definition) is 8. The number of methoxy groups -OCH3 is 2. The van der Waals surface area contributed by atoms with Crippen LogP contribution in [0.3, 0.4) is 0 Å². The summed E-state index contributed by atoms with van der Waals surface area (Å²) in [7, 11) is 3.12. The van der Waals surface area contributed by atoms with Crippen molar-refractivity contribution in [3.05, 3.63) is 112 Å². The standard InChI is InChI=1S/C31H30N4O5/c1-5-40-30(36)25-19(2)32-29-27(26(25)20-12-8-6-9-13-20)28(33-21-16-17-23(38-3)24(18-21)39-4)34-31(37)35(29)22-14-10-7-11-15-22/h6-18,26,32H,5H2,1-4H3,(H,33,34,37). The predicted octanol–water partition coefficient (Wildman–Crippen LogP) is 5.39. The normalized spacial score (nSPS) is 14.2. The molecular weight excluding hydrogens is 508 g/mol. The van der Waals surface area contributed by atoms with Crippen LogP contribution in [0.5, 0.6) is 11.5 Å². The van der Waals surface area contributed by atoms with Crippen LogP contribution in [0.4, 0.5) is 17.3 Å². The molecule has 0 amide bonds. The Morgan fingerprint density at radius 2 is 1.65 bits per heavy atom. The van der Waals surface area contributed by atoms with E-state index in [2.05, 4.69) is 15.6 Å². The van der Waals surface area contributed by atoms with Gasteiger partial charge in [0.05, 0.1) is 38.0 Å². The minimum absolute atomic E-state index is 0.225. The van der Waals surface area contributed by atoms with E-state index in [1.807, 2.05) is 67.6 Å². The van der Waals surface area contributed by atoms with Gasteiger partial charge in [0.1, 0.15) is 11.6 Å². The van der Waals surface area contributed by atoms with E-state index >= 15 is 0 Å². The molecule has 0 bridgehead atoms. The summed E-state index contributed by atoms with van der Waals surface area (Å²) in [5.74, 6) is 0.863. The maximum atomic E-state index is 13.6. The lowest BCUT2D eigenvalue weighted by molar-refractivity contribution is -0.138. The molecule has 1 atom stereocenters. The fourth-order valence-electron chi connectivity index (χ4n) is 4.96. The van der Waals surface area contributed by atoms with E-state index in [1.165, 1.54) is 4.57 Å². The van der Waals surface area contributed by atoms with Crippen LogP contribution in [0.25, 0.3) is 5.69 Å². The summed E-state index contributed by atoms with van der Waals surface area (Å²) >= 11 is 0. The molecule has 1 aliphatic rings. The maximum Gasteiger partial charge on any atom is 0.355 e. The molecule has 2 N–H and O–H groups in total. The molecule has 0 aliphatic carbocycles. The van der Waals surface area contributed by atoms with Crippen molar-refractivity contribution >= 4 is 23.3 Å². The number of carbonyl (C=O) groups is 1. The molecule has 9 nitrogen and oxygen atoms in total. The summed E-state index contributed by atoms with van der Waals surface area (Å²) < 4.78 is 17.9. The SMILES string of the molecule is CCOC(=O)C1=C(C)Nc2c(c(Nc3ccc(OC)c(OC)c3)nc(=O)n2-c2ccccc2)C1c1ccccc1. The fourth-order valence-corrected chi connectivity index (χ4v) is 4.96. The number of rotatable bonds is 8. The molecule has 40 heavy (non-hydrogen) atoms. The van der Waals surface area contributed by atoms with Gasteiger partial charge < -0.3 is 24.8 Å². The Morgan fingerprint density at radius 3 is 2.30 bits per heavy atom. The predicted molar refractivity (Wildman–Crippen MR) is 154 cm³/mol. The summed E-state index contributed by atoms with van der Waals surface area (Å²) in [6.07, 6.45) is 0. The molecule has 0 spiro atoms. The lowest BCUT2D eigenvalue weighted by Gasteiger charge is -2.33. The van der Waals surface area contributed by atoms with Crippen LogP contribution in [-0.4, -0.2) is 36.3 Å². The van der Waals surface area contributed by atoms with Gasteiger partial charge in [-0.25, -0.2) is 14.2 Å². The number of carbonyl (C=O) groups excluding carboxylic acids is 1. The van der Waals surface area contributed by atoms with Gasteiger partial charge in [-0.05, 0) is 43.7 Å². The first-order chi connectivity index (χ1) is 19.5. The highest BCUT2D eigenvalue weighted by atomic mass is 16.5. The number of aromatic nitrogens is 2. The number of esters is 1. The number of fused-ring (bicyclic) bond motifs is 1. The van der Waals surface area contributed by atoms with Crippen molar-refractivity contribution in [1.82, 2.24) is 9.55 Å². The third-order valence-electron chi connectivity index (χ3n) is 6.71. The number of nitrogens with one attached hydrogen (secondary N) is 2. The molecule has 0 radical (unpaired) electrons. The number of nitrogens with zero attached hydrogens (tertiary/aromatic N) is 2. The molecule has 1 aliphatic heterocycles. The van der Waals surface area contributed by atoms with E-state index < -0.39 is 17.6 Å². The molecule has 0 fully saturated rings. The van der Waals surface area contributed by atoms with Crippen LogP contribution in [0.15, 0.2) is 94.9 Å². The fraction of sp³-hybridized carbons (Fsp3) is 0.194. The van der Waals surface area contributed by atoms with E-state index in [0.29, 0.717) is 51.3 Å². The van der Waals surface area contributed by atoms with E-state index in [-0.39, 0.29) is 6.61 Å². The second kappa shape index (κ2) is 11.4. The molecule has 0 saturated heterocycles. The number of anilines is 3. The van der Waals surface area contributed by atoms with Gasteiger partial charge in [-0.2, -0.15) is 4.98 Å². The lowest BCUT2D eigenvalue weighted by atomic mass is 9.81. The van der Waals surface area contributed by atoms with Crippen LogP contribution in [0, 0.1) is 0 Å². The van der Waals surface area contributed by atoms with Gasteiger partial charge in [0.25, 0.3) is 0 Å². The van der Waals surface area contributed by atoms with Crippen molar-refractivity contribution in [1.29, 1.82) is 0 Å². The monoisotopic (exact) mass is 538 g/mol. The smallest absolute Gasteiger partial charge is 0.355 e. The second-order valence-corrected chi connectivity index (χ2v) is 9.10. The zero-order chi connectivity index (χ0) is 28.2. The summed E-state index contributed by atoms with van der Waals surface area (Å²) in [6.45, 7) is 3.81. The Labute approximate surface area is 232 Å². The van der Waals surface area contributed by atoms with Gasteiger partial charge in [0.2, 0.25) is 0 Å². The summed E-state index contributed by atoms with van der Waals surface area (Å²) in [5.41, 5.74) is 3.28. The van der Waals surface area contributed by atoms with Crippen LogP contribution >= 0.6 is 0 Å². The number of hydrogen-bond donors (Lipinski definition) is 2. The van der Waals surface area contributed by atoms with Crippen molar-refractivity contribution in [3.8, 4) is 17.2 Å². The van der Waals surface area contributed by atoms with Gasteiger partial charge in [0, 0.05) is 23.0 Å². The van der Waals surface area contributed by atoms with Gasteiger partial charge in [0.15, 0.2) is 11.5 Å². The number of para-hydroxylation sites is 1. The Morgan fingerprint density at radius 1 is 0.975 bits per heavy atom. The molecule has 4 aromatic rings. The molecule has 5 rings (SSSR count). The van der Waals surface area contributed by atoms with Crippen molar-refractivity contribution in [2.75, 3.05) is 31.5 Å². The van der Waals surface area contributed by atoms with Gasteiger partial charge in [-0.3, -0.25) is 0 Å². The van der Waals surface area contributed by atoms with E-state index in [9.17, 15) is 9.59 Å². The molecule has 2 heterocycles. The minimum Gasteiger partial charge on any atom is -0.493 e.